The molecule has 5 aromatic rings. The molecule has 0 aliphatic carbocycles. The molecule has 3 heterocycles. The maximum atomic E-state index is 12.8. The molecular formula is C24H20N4O5S2. The fraction of sp³-hybridized carbons (Fsp3) is 0.167. The molecule has 0 atom stereocenters. The lowest BCUT2D eigenvalue weighted by molar-refractivity contribution is 0.102. The molecule has 1 amide bonds. The number of methoxy groups -OCH3 is 2. The van der Waals surface area contributed by atoms with Gasteiger partial charge < -0.3 is 19.3 Å². The van der Waals surface area contributed by atoms with E-state index in [0.717, 1.165) is 14.6 Å². The lowest BCUT2D eigenvalue weighted by Crippen LogP contribution is -2.12. The van der Waals surface area contributed by atoms with E-state index in [0.29, 0.717) is 45.6 Å². The van der Waals surface area contributed by atoms with Crippen LogP contribution in [0.4, 0.5) is 5.69 Å². The summed E-state index contributed by atoms with van der Waals surface area (Å²) in [5.41, 5.74) is 2.80. The molecule has 2 aromatic carbocycles. The predicted octanol–water partition coefficient (Wildman–Crippen LogP) is 4.77. The van der Waals surface area contributed by atoms with Crippen molar-refractivity contribution in [2.45, 2.75) is 17.0 Å². The quantitative estimate of drug-likeness (QED) is 0.313. The monoisotopic (exact) mass is 508 g/mol. The van der Waals surface area contributed by atoms with Gasteiger partial charge in [-0.2, -0.15) is 0 Å². The largest absolute Gasteiger partial charge is 0.497 e. The van der Waals surface area contributed by atoms with Crippen LogP contribution in [0.15, 0.2) is 62.2 Å². The summed E-state index contributed by atoms with van der Waals surface area (Å²) in [4.78, 5) is 34.1. The van der Waals surface area contributed by atoms with Gasteiger partial charge in [-0.05, 0) is 37.3 Å². The Morgan fingerprint density at radius 1 is 1.09 bits per heavy atom. The molecule has 0 fully saturated rings. The van der Waals surface area contributed by atoms with Crippen molar-refractivity contribution >= 4 is 50.6 Å². The molecule has 0 aliphatic rings. The molecule has 0 aliphatic heterocycles. The van der Waals surface area contributed by atoms with Crippen LogP contribution in [0.3, 0.4) is 0 Å². The van der Waals surface area contributed by atoms with E-state index in [-0.39, 0.29) is 11.5 Å². The van der Waals surface area contributed by atoms with Crippen molar-refractivity contribution in [2.75, 3.05) is 19.5 Å². The minimum Gasteiger partial charge on any atom is -0.497 e. The summed E-state index contributed by atoms with van der Waals surface area (Å²) in [5.74, 6) is 1.92. The number of aryl methyl sites for hydroxylation is 1. The summed E-state index contributed by atoms with van der Waals surface area (Å²) in [6.45, 7) is 1.77. The van der Waals surface area contributed by atoms with Gasteiger partial charge in [0.05, 0.1) is 30.1 Å². The van der Waals surface area contributed by atoms with Crippen molar-refractivity contribution in [1.29, 1.82) is 0 Å². The van der Waals surface area contributed by atoms with Crippen LogP contribution in [0.2, 0.25) is 0 Å². The van der Waals surface area contributed by atoms with E-state index in [1.54, 1.807) is 31.2 Å². The van der Waals surface area contributed by atoms with Crippen molar-refractivity contribution in [2.24, 2.45) is 0 Å². The highest BCUT2D eigenvalue weighted by molar-refractivity contribution is 8.00. The van der Waals surface area contributed by atoms with Crippen molar-refractivity contribution in [3.63, 3.8) is 0 Å². The van der Waals surface area contributed by atoms with Gasteiger partial charge in [-0.25, -0.2) is 9.97 Å². The lowest BCUT2D eigenvalue weighted by Gasteiger charge is -2.09. The van der Waals surface area contributed by atoms with E-state index in [1.807, 2.05) is 18.2 Å². The third-order valence-electron chi connectivity index (χ3n) is 5.11. The molecule has 3 aromatic heterocycles. The second-order valence-corrected chi connectivity index (χ2v) is 9.84. The minimum atomic E-state index is -0.275. The van der Waals surface area contributed by atoms with Gasteiger partial charge in [0.1, 0.15) is 17.3 Å². The number of benzene rings is 2. The van der Waals surface area contributed by atoms with Gasteiger partial charge >= 0.3 is 0 Å². The van der Waals surface area contributed by atoms with Crippen LogP contribution in [0.1, 0.15) is 21.8 Å². The predicted molar refractivity (Wildman–Crippen MR) is 135 cm³/mol. The van der Waals surface area contributed by atoms with E-state index in [1.165, 1.54) is 48.0 Å². The number of carbonyl (C=O) groups excluding carboxylic acids is 1. The number of hydrogen-bond acceptors (Lipinski definition) is 9. The van der Waals surface area contributed by atoms with E-state index < -0.39 is 0 Å². The zero-order chi connectivity index (χ0) is 24.5. The Morgan fingerprint density at radius 3 is 2.60 bits per heavy atom. The summed E-state index contributed by atoms with van der Waals surface area (Å²) in [7, 11) is 3.07. The SMILES string of the molecule is COc1cc(OC)cc(C(=O)Nc2ccc3nc(SCc4cc(=O)n5oc(C)cc5n4)sc3c2)c1. The summed E-state index contributed by atoms with van der Waals surface area (Å²) >= 11 is 3.01. The zero-order valence-electron chi connectivity index (χ0n) is 19.0. The third kappa shape index (κ3) is 4.86. The van der Waals surface area contributed by atoms with Gasteiger partial charge in [0.15, 0.2) is 9.99 Å². The Kier molecular flexibility index (Phi) is 6.18. The van der Waals surface area contributed by atoms with Crippen LogP contribution in [0, 0.1) is 6.92 Å². The van der Waals surface area contributed by atoms with E-state index in [9.17, 15) is 9.59 Å². The van der Waals surface area contributed by atoms with Gasteiger partial charge in [0.2, 0.25) is 0 Å². The zero-order valence-corrected chi connectivity index (χ0v) is 20.7. The molecule has 11 heteroatoms. The fourth-order valence-corrected chi connectivity index (χ4v) is 5.47. The number of ether oxygens (including phenoxy) is 2. The number of fused-ring (bicyclic) bond motifs is 2. The molecule has 9 nitrogen and oxygen atoms in total. The molecular weight excluding hydrogens is 488 g/mol. The number of nitrogens with one attached hydrogen (secondary N) is 1. The van der Waals surface area contributed by atoms with Gasteiger partial charge in [-0.15, -0.1) is 15.9 Å². The lowest BCUT2D eigenvalue weighted by atomic mass is 10.1. The summed E-state index contributed by atoms with van der Waals surface area (Å²) in [6.07, 6.45) is 0. The van der Waals surface area contributed by atoms with Crippen molar-refractivity contribution in [3.8, 4) is 11.5 Å². The van der Waals surface area contributed by atoms with E-state index in [4.69, 9.17) is 14.0 Å². The molecule has 35 heavy (non-hydrogen) atoms. The highest BCUT2D eigenvalue weighted by Gasteiger charge is 2.13. The first-order valence-corrected chi connectivity index (χ1v) is 12.3. The topological polar surface area (TPSA) is 108 Å². The number of thiazole rings is 1. The molecule has 0 unspecified atom stereocenters. The van der Waals surface area contributed by atoms with Gasteiger partial charge in [-0.1, -0.05) is 11.8 Å². The van der Waals surface area contributed by atoms with E-state index in [2.05, 4.69) is 15.3 Å². The van der Waals surface area contributed by atoms with Crippen LogP contribution in [0.5, 0.6) is 11.5 Å². The molecule has 1 N–H and O–H groups in total. The summed E-state index contributed by atoms with van der Waals surface area (Å²) < 4.78 is 18.8. The number of rotatable bonds is 7. The van der Waals surface area contributed by atoms with Gasteiger partial charge in [0.25, 0.3) is 11.5 Å². The van der Waals surface area contributed by atoms with Crippen molar-refractivity contribution < 1.29 is 18.8 Å². The summed E-state index contributed by atoms with van der Waals surface area (Å²) in [5, 5.41) is 2.91. The normalized spacial score (nSPS) is 11.2. The number of thioether (sulfide) groups is 1. The highest BCUT2D eigenvalue weighted by Crippen LogP contribution is 2.33. The van der Waals surface area contributed by atoms with E-state index >= 15 is 0 Å². The number of carbonyl (C=O) groups is 1. The number of aromatic nitrogens is 3. The van der Waals surface area contributed by atoms with Crippen molar-refractivity contribution in [3.05, 3.63) is 75.9 Å². The maximum absolute atomic E-state index is 12.8. The third-order valence-corrected chi connectivity index (χ3v) is 7.30. The first-order valence-electron chi connectivity index (χ1n) is 10.5. The van der Waals surface area contributed by atoms with Crippen LogP contribution in [0.25, 0.3) is 15.9 Å². The Bertz CT molecular complexity index is 1600. The van der Waals surface area contributed by atoms with Gasteiger partial charge in [-0.3, -0.25) is 9.59 Å². The number of anilines is 1. The second kappa shape index (κ2) is 9.43. The first-order chi connectivity index (χ1) is 16.9. The molecule has 0 spiro atoms. The average molecular weight is 509 g/mol. The Labute approximate surface area is 207 Å². The highest BCUT2D eigenvalue weighted by atomic mass is 32.2. The summed E-state index contributed by atoms with van der Waals surface area (Å²) in [6, 6.07) is 13.8. The van der Waals surface area contributed by atoms with Crippen LogP contribution in [-0.4, -0.2) is 34.7 Å². The Hall–Kier alpha value is -3.83. The molecule has 5 rings (SSSR count). The molecule has 0 saturated carbocycles. The molecule has 178 valence electrons. The minimum absolute atomic E-state index is 0.253. The van der Waals surface area contributed by atoms with Crippen LogP contribution < -0.4 is 20.3 Å². The molecule has 0 saturated heterocycles. The maximum Gasteiger partial charge on any atom is 0.287 e. The molecule has 0 bridgehead atoms. The smallest absolute Gasteiger partial charge is 0.287 e. The fourth-order valence-electron chi connectivity index (χ4n) is 3.47. The number of nitrogens with zero attached hydrogens (tertiary/aromatic N) is 3. The first kappa shape index (κ1) is 22.9. The Balaban J connectivity index is 1.31. The average Bonchev–Trinajstić information content (AvgIpc) is 3.44. The number of amides is 1. The van der Waals surface area contributed by atoms with Crippen LogP contribution >= 0.6 is 23.1 Å². The molecule has 0 radical (unpaired) electrons. The van der Waals surface area contributed by atoms with Crippen molar-refractivity contribution in [1.82, 2.24) is 14.5 Å². The second-order valence-electron chi connectivity index (χ2n) is 7.59. The standard InChI is InChI=1S/C24H20N4O5S2/c1-13-6-21-25-16(10-22(29)28(21)33-13)12-34-24-27-19-5-4-15(9-20(19)35-24)26-23(30)14-7-17(31-2)11-18(8-14)32-3/h4-11H,12H2,1-3H3,(H,26,30). The Morgan fingerprint density at radius 2 is 1.86 bits per heavy atom. The van der Waals surface area contributed by atoms with Crippen LogP contribution in [-0.2, 0) is 5.75 Å². The van der Waals surface area contributed by atoms with Gasteiger partial charge in [0, 0.05) is 35.2 Å². The number of hydrogen-bond donors (Lipinski definition) is 1.